The van der Waals surface area contributed by atoms with Crippen LogP contribution in [0.2, 0.25) is 0 Å². The summed E-state index contributed by atoms with van der Waals surface area (Å²) in [5, 5.41) is 12.5. The van der Waals surface area contributed by atoms with Crippen LogP contribution in [0.15, 0.2) is 54.6 Å². The standard InChI is InChI=1S/C29H27F2N3O2/c1-36-9-8-18-2-6-25(28(31)10-18)24-7-5-20(29(35)34-16-22-14-33-15-23(22)17-34)11-26(24)19-3-4-21(13-32)27(30)12-19/h2-7,10-12,22-23,33H,8-9,14-17H2,1H3. The van der Waals surface area contributed by atoms with Crippen LogP contribution in [-0.4, -0.2) is 50.7 Å². The van der Waals surface area contributed by atoms with Crippen molar-refractivity contribution in [1.82, 2.24) is 10.2 Å². The van der Waals surface area contributed by atoms with Gasteiger partial charge in [0.15, 0.2) is 0 Å². The summed E-state index contributed by atoms with van der Waals surface area (Å²) in [6.45, 7) is 3.73. The van der Waals surface area contributed by atoms with Crippen molar-refractivity contribution >= 4 is 5.91 Å². The highest BCUT2D eigenvalue weighted by Gasteiger charge is 2.38. The van der Waals surface area contributed by atoms with E-state index in [0.29, 0.717) is 65.8 Å². The third kappa shape index (κ3) is 4.62. The number of nitriles is 1. The van der Waals surface area contributed by atoms with E-state index in [0.717, 1.165) is 18.7 Å². The van der Waals surface area contributed by atoms with Gasteiger partial charge in [-0.1, -0.05) is 24.3 Å². The van der Waals surface area contributed by atoms with Gasteiger partial charge >= 0.3 is 0 Å². The maximum absolute atomic E-state index is 15.3. The zero-order valence-corrected chi connectivity index (χ0v) is 20.1. The lowest BCUT2D eigenvalue weighted by atomic mass is 9.91. The number of carbonyl (C=O) groups excluding carboxylic acids is 1. The van der Waals surface area contributed by atoms with Crippen LogP contribution < -0.4 is 5.32 Å². The predicted octanol–water partition coefficient (Wildman–Crippen LogP) is 4.65. The zero-order valence-electron chi connectivity index (χ0n) is 20.1. The fourth-order valence-corrected chi connectivity index (χ4v) is 5.28. The van der Waals surface area contributed by atoms with E-state index in [1.165, 1.54) is 18.2 Å². The van der Waals surface area contributed by atoms with Crippen molar-refractivity contribution in [2.75, 3.05) is 39.9 Å². The molecular weight excluding hydrogens is 460 g/mol. The number of hydrogen-bond donors (Lipinski definition) is 1. The van der Waals surface area contributed by atoms with E-state index in [1.54, 1.807) is 37.4 Å². The van der Waals surface area contributed by atoms with E-state index < -0.39 is 11.6 Å². The van der Waals surface area contributed by atoms with Crippen LogP contribution in [0.25, 0.3) is 22.3 Å². The maximum Gasteiger partial charge on any atom is 0.253 e. The van der Waals surface area contributed by atoms with Gasteiger partial charge in [-0.25, -0.2) is 8.78 Å². The molecule has 36 heavy (non-hydrogen) atoms. The van der Waals surface area contributed by atoms with Gasteiger partial charge in [0.1, 0.15) is 17.7 Å². The number of nitrogens with one attached hydrogen (secondary N) is 1. The van der Waals surface area contributed by atoms with Gasteiger partial charge in [-0.05, 0) is 70.8 Å². The van der Waals surface area contributed by atoms with Crippen molar-refractivity contribution in [3.8, 4) is 28.3 Å². The van der Waals surface area contributed by atoms with Crippen LogP contribution in [0.4, 0.5) is 8.78 Å². The summed E-state index contributed by atoms with van der Waals surface area (Å²) < 4.78 is 34.9. The molecule has 2 aliphatic rings. The van der Waals surface area contributed by atoms with E-state index in [1.807, 2.05) is 17.0 Å². The number of amides is 1. The van der Waals surface area contributed by atoms with Crippen LogP contribution in [0.5, 0.6) is 0 Å². The Bertz CT molecular complexity index is 1340. The molecule has 0 radical (unpaired) electrons. The lowest BCUT2D eigenvalue weighted by Gasteiger charge is -2.19. The largest absolute Gasteiger partial charge is 0.384 e. The lowest BCUT2D eigenvalue weighted by Crippen LogP contribution is -2.31. The molecule has 0 saturated carbocycles. The lowest BCUT2D eigenvalue weighted by molar-refractivity contribution is 0.0781. The smallest absolute Gasteiger partial charge is 0.253 e. The number of methoxy groups -OCH3 is 1. The van der Waals surface area contributed by atoms with E-state index >= 15 is 4.39 Å². The number of halogens is 2. The maximum atomic E-state index is 15.3. The van der Waals surface area contributed by atoms with Crippen molar-refractivity contribution in [3.05, 3.63) is 82.9 Å². The van der Waals surface area contributed by atoms with Gasteiger partial charge < -0.3 is 15.0 Å². The second-order valence-corrected chi connectivity index (χ2v) is 9.51. The number of ether oxygens (including phenoxy) is 1. The topological polar surface area (TPSA) is 65.4 Å². The Kier molecular flexibility index (Phi) is 6.82. The Hall–Kier alpha value is -3.60. The molecule has 5 rings (SSSR count). The Morgan fingerprint density at radius 1 is 1.00 bits per heavy atom. The van der Waals surface area contributed by atoms with E-state index in [-0.39, 0.29) is 11.5 Å². The molecule has 2 heterocycles. The first-order valence-electron chi connectivity index (χ1n) is 12.1. The summed E-state index contributed by atoms with van der Waals surface area (Å²) in [6.07, 6.45) is 0.585. The second kappa shape index (κ2) is 10.2. The van der Waals surface area contributed by atoms with Crippen LogP contribution >= 0.6 is 0 Å². The molecule has 0 aromatic heterocycles. The van der Waals surface area contributed by atoms with Crippen LogP contribution in [0.1, 0.15) is 21.5 Å². The first kappa shape index (κ1) is 24.1. The summed E-state index contributed by atoms with van der Waals surface area (Å²) >= 11 is 0. The van der Waals surface area contributed by atoms with Gasteiger partial charge in [-0.2, -0.15) is 5.26 Å². The third-order valence-electron chi connectivity index (χ3n) is 7.26. The Morgan fingerprint density at radius 3 is 2.42 bits per heavy atom. The van der Waals surface area contributed by atoms with Crippen LogP contribution in [-0.2, 0) is 11.2 Å². The van der Waals surface area contributed by atoms with Crippen molar-refractivity contribution in [3.63, 3.8) is 0 Å². The highest BCUT2D eigenvalue weighted by Crippen LogP contribution is 2.36. The van der Waals surface area contributed by atoms with Gasteiger partial charge in [0.25, 0.3) is 5.91 Å². The number of carbonyl (C=O) groups is 1. The molecule has 2 aliphatic heterocycles. The first-order chi connectivity index (χ1) is 17.5. The Labute approximate surface area is 209 Å². The van der Waals surface area contributed by atoms with Crippen LogP contribution in [0.3, 0.4) is 0 Å². The molecule has 2 unspecified atom stereocenters. The molecule has 3 aromatic carbocycles. The van der Waals surface area contributed by atoms with E-state index in [9.17, 15) is 9.18 Å². The van der Waals surface area contributed by atoms with Crippen LogP contribution in [0, 0.1) is 34.8 Å². The minimum absolute atomic E-state index is 0.0709. The quantitative estimate of drug-likeness (QED) is 0.550. The van der Waals surface area contributed by atoms with Crippen molar-refractivity contribution in [1.29, 1.82) is 5.26 Å². The second-order valence-electron chi connectivity index (χ2n) is 9.51. The zero-order chi connectivity index (χ0) is 25.2. The molecule has 1 N–H and O–H groups in total. The predicted molar refractivity (Wildman–Crippen MR) is 133 cm³/mol. The molecule has 5 nitrogen and oxygen atoms in total. The average Bonchev–Trinajstić information content (AvgIpc) is 3.50. The van der Waals surface area contributed by atoms with Crippen molar-refractivity contribution < 1.29 is 18.3 Å². The summed E-state index contributed by atoms with van der Waals surface area (Å²) in [7, 11) is 1.60. The highest BCUT2D eigenvalue weighted by atomic mass is 19.1. The molecule has 184 valence electrons. The fourth-order valence-electron chi connectivity index (χ4n) is 5.28. The fraction of sp³-hybridized carbons (Fsp3) is 0.310. The summed E-state index contributed by atoms with van der Waals surface area (Å²) in [6, 6.07) is 16.3. The third-order valence-corrected chi connectivity index (χ3v) is 7.26. The number of hydrogen-bond acceptors (Lipinski definition) is 4. The first-order valence-corrected chi connectivity index (χ1v) is 12.1. The average molecular weight is 488 g/mol. The van der Waals surface area contributed by atoms with Gasteiger partial charge in [-0.3, -0.25) is 4.79 Å². The molecule has 7 heteroatoms. The minimum atomic E-state index is -0.659. The number of likely N-dealkylation sites (tertiary alicyclic amines) is 1. The Balaban J connectivity index is 1.55. The van der Waals surface area contributed by atoms with Gasteiger partial charge in [0, 0.05) is 44.4 Å². The monoisotopic (exact) mass is 487 g/mol. The van der Waals surface area contributed by atoms with Gasteiger partial charge in [-0.15, -0.1) is 0 Å². The number of nitrogens with zero attached hydrogens (tertiary/aromatic N) is 2. The highest BCUT2D eigenvalue weighted by molar-refractivity contribution is 5.98. The Morgan fingerprint density at radius 2 is 1.75 bits per heavy atom. The van der Waals surface area contributed by atoms with E-state index in [2.05, 4.69) is 5.32 Å². The van der Waals surface area contributed by atoms with E-state index in [4.69, 9.17) is 10.00 Å². The molecule has 3 aromatic rings. The number of rotatable bonds is 6. The summed E-state index contributed by atoms with van der Waals surface area (Å²) in [4.78, 5) is 15.3. The summed E-state index contributed by atoms with van der Waals surface area (Å²) in [5.41, 5.74) is 3.13. The molecule has 2 saturated heterocycles. The van der Waals surface area contributed by atoms with Gasteiger partial charge in [0.05, 0.1) is 12.2 Å². The minimum Gasteiger partial charge on any atom is -0.384 e. The molecule has 1 amide bonds. The normalized spacial score (nSPS) is 18.8. The summed E-state index contributed by atoms with van der Waals surface area (Å²) in [5.74, 6) is -0.218. The molecule has 2 fully saturated rings. The number of fused-ring (bicyclic) bond motifs is 1. The van der Waals surface area contributed by atoms with Gasteiger partial charge in [0.2, 0.25) is 0 Å². The number of benzene rings is 3. The molecule has 0 bridgehead atoms. The SMILES string of the molecule is COCCc1ccc(-c2ccc(C(=O)N3CC4CNCC4C3)cc2-c2ccc(C#N)c(F)c2)c(F)c1. The molecule has 2 atom stereocenters. The van der Waals surface area contributed by atoms with Crippen molar-refractivity contribution in [2.45, 2.75) is 6.42 Å². The molecular formula is C29H27F2N3O2. The van der Waals surface area contributed by atoms with Crippen molar-refractivity contribution in [2.24, 2.45) is 11.8 Å². The molecule has 0 spiro atoms. The molecule has 0 aliphatic carbocycles.